The summed E-state index contributed by atoms with van der Waals surface area (Å²) < 4.78 is 5.40. The summed E-state index contributed by atoms with van der Waals surface area (Å²) in [6.45, 7) is 12.2. The molecule has 0 rings (SSSR count). The number of amides is 1. The van der Waals surface area contributed by atoms with E-state index in [1.165, 1.54) is 0 Å². The van der Waals surface area contributed by atoms with E-state index in [1.807, 2.05) is 27.8 Å². The molecule has 0 unspecified atom stereocenters. The third-order valence-corrected chi connectivity index (χ3v) is 2.59. The molecule has 0 N–H and O–H groups in total. The van der Waals surface area contributed by atoms with Gasteiger partial charge in [0.2, 0.25) is 0 Å². The molecule has 3 heteroatoms. The predicted octanol–water partition coefficient (Wildman–Crippen LogP) is 4.07. The summed E-state index contributed by atoms with van der Waals surface area (Å²) in [6.07, 6.45) is 2.94. The third-order valence-electron chi connectivity index (χ3n) is 2.59. The molecular weight excluding hydrogens is 214 g/mol. The van der Waals surface area contributed by atoms with E-state index < -0.39 is 5.60 Å². The van der Waals surface area contributed by atoms with Crippen molar-refractivity contribution >= 4 is 6.09 Å². The van der Waals surface area contributed by atoms with E-state index in [2.05, 4.69) is 20.8 Å². The number of carbonyl (C=O) groups is 1. The molecule has 0 saturated heterocycles. The summed E-state index contributed by atoms with van der Waals surface area (Å²) in [7, 11) is 1.84. The molecule has 17 heavy (non-hydrogen) atoms. The Morgan fingerprint density at radius 1 is 1.29 bits per heavy atom. The fourth-order valence-electron chi connectivity index (χ4n) is 1.83. The minimum Gasteiger partial charge on any atom is -0.444 e. The van der Waals surface area contributed by atoms with Crippen LogP contribution >= 0.6 is 0 Å². The Kier molecular flexibility index (Phi) is 6.58. The highest BCUT2D eigenvalue weighted by Gasteiger charge is 2.25. The van der Waals surface area contributed by atoms with Gasteiger partial charge in [0.25, 0.3) is 0 Å². The fraction of sp³-hybridized carbons (Fsp3) is 0.929. The van der Waals surface area contributed by atoms with Crippen LogP contribution in [0.1, 0.15) is 60.8 Å². The van der Waals surface area contributed by atoms with Crippen molar-refractivity contribution in [2.75, 3.05) is 7.05 Å². The number of ether oxygens (including phenoxy) is 1. The van der Waals surface area contributed by atoms with Crippen LogP contribution in [0.4, 0.5) is 4.79 Å². The topological polar surface area (TPSA) is 29.5 Å². The quantitative estimate of drug-likeness (QED) is 0.728. The van der Waals surface area contributed by atoms with Gasteiger partial charge in [0.05, 0.1) is 0 Å². The number of hydrogen-bond donors (Lipinski definition) is 0. The van der Waals surface area contributed by atoms with Gasteiger partial charge in [-0.3, -0.25) is 0 Å². The normalized spacial score (nSPS) is 13.6. The Morgan fingerprint density at radius 3 is 2.18 bits per heavy atom. The van der Waals surface area contributed by atoms with E-state index in [0.29, 0.717) is 5.92 Å². The van der Waals surface area contributed by atoms with Crippen molar-refractivity contribution in [3.63, 3.8) is 0 Å². The van der Waals surface area contributed by atoms with Crippen molar-refractivity contribution in [3.05, 3.63) is 0 Å². The fourth-order valence-corrected chi connectivity index (χ4v) is 1.83. The molecule has 0 aliphatic heterocycles. The van der Waals surface area contributed by atoms with Gasteiger partial charge < -0.3 is 9.64 Å². The highest BCUT2D eigenvalue weighted by Crippen LogP contribution is 2.18. The predicted molar refractivity (Wildman–Crippen MR) is 72.1 cm³/mol. The molecule has 0 aliphatic carbocycles. The van der Waals surface area contributed by atoms with Crippen LogP contribution < -0.4 is 0 Å². The first kappa shape index (κ1) is 16.3. The van der Waals surface area contributed by atoms with E-state index in [1.54, 1.807) is 4.90 Å². The maximum atomic E-state index is 12.0. The van der Waals surface area contributed by atoms with Gasteiger partial charge >= 0.3 is 6.09 Å². The van der Waals surface area contributed by atoms with E-state index in [0.717, 1.165) is 19.3 Å². The zero-order valence-corrected chi connectivity index (χ0v) is 12.5. The van der Waals surface area contributed by atoms with Gasteiger partial charge in [-0.05, 0) is 39.5 Å². The molecule has 0 spiro atoms. The van der Waals surface area contributed by atoms with Crippen molar-refractivity contribution in [3.8, 4) is 0 Å². The van der Waals surface area contributed by atoms with Crippen molar-refractivity contribution < 1.29 is 9.53 Å². The second-order valence-corrected chi connectivity index (χ2v) is 6.16. The highest BCUT2D eigenvalue weighted by atomic mass is 16.6. The molecule has 102 valence electrons. The van der Waals surface area contributed by atoms with Crippen LogP contribution in [0.15, 0.2) is 0 Å². The van der Waals surface area contributed by atoms with Crippen LogP contribution in [0.25, 0.3) is 0 Å². The zero-order chi connectivity index (χ0) is 13.6. The first-order valence-electron chi connectivity index (χ1n) is 6.63. The summed E-state index contributed by atoms with van der Waals surface area (Å²) in [4.78, 5) is 13.7. The molecule has 0 aromatic rings. The number of rotatable bonds is 5. The van der Waals surface area contributed by atoms with Crippen LogP contribution in [-0.4, -0.2) is 29.7 Å². The monoisotopic (exact) mass is 243 g/mol. The van der Waals surface area contributed by atoms with Crippen LogP contribution in [0.3, 0.4) is 0 Å². The van der Waals surface area contributed by atoms with Gasteiger partial charge in [0, 0.05) is 13.1 Å². The summed E-state index contributed by atoms with van der Waals surface area (Å²) in [5.41, 5.74) is -0.417. The Labute approximate surface area is 107 Å². The highest BCUT2D eigenvalue weighted by molar-refractivity contribution is 5.68. The lowest BCUT2D eigenvalue weighted by Crippen LogP contribution is -2.41. The minimum atomic E-state index is -0.417. The Morgan fingerprint density at radius 2 is 1.82 bits per heavy atom. The average Bonchev–Trinajstić information content (AvgIpc) is 2.12. The zero-order valence-electron chi connectivity index (χ0n) is 12.5. The lowest BCUT2D eigenvalue weighted by Gasteiger charge is -2.31. The molecule has 0 aromatic carbocycles. The minimum absolute atomic E-state index is 0.211. The molecule has 0 aromatic heterocycles. The second-order valence-electron chi connectivity index (χ2n) is 6.16. The van der Waals surface area contributed by atoms with E-state index in [-0.39, 0.29) is 12.1 Å². The molecule has 3 nitrogen and oxygen atoms in total. The summed E-state index contributed by atoms with van der Waals surface area (Å²) in [5.74, 6) is 0.594. The average molecular weight is 243 g/mol. The second kappa shape index (κ2) is 6.87. The summed E-state index contributed by atoms with van der Waals surface area (Å²) in [5, 5.41) is 0. The molecule has 0 bridgehead atoms. The van der Waals surface area contributed by atoms with Gasteiger partial charge in [-0.25, -0.2) is 4.79 Å². The molecule has 1 amide bonds. The molecule has 0 radical (unpaired) electrons. The van der Waals surface area contributed by atoms with Crippen LogP contribution in [-0.2, 0) is 4.74 Å². The van der Waals surface area contributed by atoms with Crippen LogP contribution in [0, 0.1) is 5.92 Å². The molecule has 0 aliphatic rings. The lowest BCUT2D eigenvalue weighted by atomic mass is 9.99. The van der Waals surface area contributed by atoms with Crippen molar-refractivity contribution in [1.82, 2.24) is 4.90 Å². The maximum absolute atomic E-state index is 12.0. The lowest BCUT2D eigenvalue weighted by molar-refractivity contribution is 0.0196. The molecule has 0 heterocycles. The van der Waals surface area contributed by atoms with Gasteiger partial charge in [0.15, 0.2) is 0 Å². The van der Waals surface area contributed by atoms with E-state index >= 15 is 0 Å². The first-order valence-corrected chi connectivity index (χ1v) is 6.63. The standard InChI is InChI=1S/C14H29NO2/c1-8-9-12(10-11(2)3)15(7)13(16)17-14(4,5)6/h11-12H,8-10H2,1-7H3/t12-/m0/s1. The Bertz CT molecular complexity index is 231. The van der Waals surface area contributed by atoms with E-state index in [9.17, 15) is 4.79 Å². The third kappa shape index (κ3) is 7.24. The smallest absolute Gasteiger partial charge is 0.410 e. The SMILES string of the molecule is CCC[C@@H](CC(C)C)N(C)C(=O)OC(C)(C)C. The van der Waals surface area contributed by atoms with E-state index in [4.69, 9.17) is 4.74 Å². The maximum Gasteiger partial charge on any atom is 0.410 e. The number of nitrogens with zero attached hydrogens (tertiary/aromatic N) is 1. The molecular formula is C14H29NO2. The number of carbonyl (C=O) groups excluding carboxylic acids is 1. The van der Waals surface area contributed by atoms with Crippen LogP contribution in [0.2, 0.25) is 0 Å². The van der Waals surface area contributed by atoms with Gasteiger partial charge in [-0.2, -0.15) is 0 Å². The summed E-state index contributed by atoms with van der Waals surface area (Å²) in [6, 6.07) is 0.287. The first-order chi connectivity index (χ1) is 7.67. The van der Waals surface area contributed by atoms with Crippen molar-refractivity contribution in [2.45, 2.75) is 72.4 Å². The van der Waals surface area contributed by atoms with Gasteiger partial charge in [0.1, 0.15) is 5.60 Å². The van der Waals surface area contributed by atoms with Crippen molar-refractivity contribution in [1.29, 1.82) is 0 Å². The Hall–Kier alpha value is -0.730. The Balaban J connectivity index is 4.48. The van der Waals surface area contributed by atoms with Crippen LogP contribution in [0.5, 0.6) is 0 Å². The number of hydrogen-bond acceptors (Lipinski definition) is 2. The molecule has 0 fully saturated rings. The van der Waals surface area contributed by atoms with Gasteiger partial charge in [-0.15, -0.1) is 0 Å². The summed E-state index contributed by atoms with van der Waals surface area (Å²) >= 11 is 0. The molecule has 1 atom stereocenters. The van der Waals surface area contributed by atoms with Crippen molar-refractivity contribution in [2.24, 2.45) is 5.92 Å². The molecule has 0 saturated carbocycles. The largest absolute Gasteiger partial charge is 0.444 e. The van der Waals surface area contributed by atoms with Gasteiger partial charge in [-0.1, -0.05) is 27.2 Å².